The Morgan fingerprint density at radius 3 is 2.48 bits per heavy atom. The van der Waals surface area contributed by atoms with Gasteiger partial charge in [0.2, 0.25) is 5.91 Å². The van der Waals surface area contributed by atoms with Crippen LogP contribution in [0, 0.1) is 11.6 Å². The van der Waals surface area contributed by atoms with E-state index in [1.165, 1.54) is 16.7 Å². The standard InChI is InChI=1S/C21H22F2N4OS/c1-3-16(4-2)24-19(28)13-29-21-26-25-20(14-8-6-5-7-9-14)27(21)18-11-10-15(22)12-17(18)23/h5-12,16H,3-4,13H2,1-2H3,(H,24,28). The molecule has 3 rings (SSSR count). The number of aromatic nitrogens is 3. The van der Waals surface area contributed by atoms with Crippen molar-refractivity contribution in [2.24, 2.45) is 0 Å². The molecule has 0 aliphatic heterocycles. The van der Waals surface area contributed by atoms with Crippen molar-refractivity contribution in [1.29, 1.82) is 0 Å². The molecule has 3 aromatic rings. The first-order valence-corrected chi connectivity index (χ1v) is 10.4. The van der Waals surface area contributed by atoms with Gasteiger partial charge in [-0.15, -0.1) is 10.2 Å². The summed E-state index contributed by atoms with van der Waals surface area (Å²) in [6, 6.07) is 12.7. The third-order valence-corrected chi connectivity index (χ3v) is 5.43. The van der Waals surface area contributed by atoms with Crippen LogP contribution in [0.25, 0.3) is 17.1 Å². The smallest absolute Gasteiger partial charge is 0.230 e. The Morgan fingerprint density at radius 1 is 1.10 bits per heavy atom. The van der Waals surface area contributed by atoms with Crippen LogP contribution in [0.15, 0.2) is 53.7 Å². The van der Waals surface area contributed by atoms with Crippen LogP contribution in [-0.2, 0) is 4.79 Å². The number of halogens is 2. The zero-order valence-corrected chi connectivity index (χ0v) is 17.0. The number of hydrogen-bond donors (Lipinski definition) is 1. The molecule has 0 spiro atoms. The zero-order valence-electron chi connectivity index (χ0n) is 16.2. The molecule has 1 heterocycles. The van der Waals surface area contributed by atoms with E-state index in [4.69, 9.17) is 0 Å². The lowest BCUT2D eigenvalue weighted by molar-refractivity contribution is -0.119. The molecule has 0 aliphatic rings. The Balaban J connectivity index is 1.93. The third-order valence-electron chi connectivity index (χ3n) is 4.50. The minimum atomic E-state index is -0.731. The van der Waals surface area contributed by atoms with E-state index in [0.717, 1.165) is 36.2 Å². The fourth-order valence-corrected chi connectivity index (χ4v) is 3.67. The van der Waals surface area contributed by atoms with Gasteiger partial charge in [-0.25, -0.2) is 8.78 Å². The molecule has 0 saturated carbocycles. The van der Waals surface area contributed by atoms with Crippen molar-refractivity contribution in [3.05, 3.63) is 60.2 Å². The predicted molar refractivity (Wildman–Crippen MR) is 110 cm³/mol. The van der Waals surface area contributed by atoms with Gasteiger partial charge >= 0.3 is 0 Å². The quantitative estimate of drug-likeness (QED) is 0.545. The van der Waals surface area contributed by atoms with Gasteiger partial charge in [0.05, 0.1) is 11.4 Å². The lowest BCUT2D eigenvalue weighted by Gasteiger charge is -2.15. The molecule has 0 unspecified atom stereocenters. The fraction of sp³-hybridized carbons (Fsp3) is 0.286. The van der Waals surface area contributed by atoms with Crippen LogP contribution in [0.3, 0.4) is 0 Å². The molecule has 29 heavy (non-hydrogen) atoms. The monoisotopic (exact) mass is 416 g/mol. The molecule has 0 bridgehead atoms. The van der Waals surface area contributed by atoms with Crippen LogP contribution >= 0.6 is 11.8 Å². The number of carbonyl (C=O) groups excluding carboxylic acids is 1. The number of nitrogens with one attached hydrogen (secondary N) is 1. The number of thioether (sulfide) groups is 1. The van der Waals surface area contributed by atoms with Crippen molar-refractivity contribution in [3.63, 3.8) is 0 Å². The Kier molecular flexibility index (Phi) is 6.98. The molecule has 5 nitrogen and oxygen atoms in total. The maximum absolute atomic E-state index is 14.5. The summed E-state index contributed by atoms with van der Waals surface area (Å²) in [6.07, 6.45) is 1.70. The number of rotatable bonds is 8. The summed E-state index contributed by atoms with van der Waals surface area (Å²) in [7, 11) is 0. The van der Waals surface area contributed by atoms with E-state index < -0.39 is 11.6 Å². The van der Waals surface area contributed by atoms with E-state index >= 15 is 0 Å². The molecule has 152 valence electrons. The lowest BCUT2D eigenvalue weighted by Crippen LogP contribution is -2.35. The van der Waals surface area contributed by atoms with Gasteiger partial charge in [-0.3, -0.25) is 9.36 Å². The van der Waals surface area contributed by atoms with Crippen LogP contribution < -0.4 is 5.32 Å². The van der Waals surface area contributed by atoms with Crippen molar-refractivity contribution < 1.29 is 13.6 Å². The molecule has 0 atom stereocenters. The van der Waals surface area contributed by atoms with Crippen molar-refractivity contribution in [2.75, 3.05) is 5.75 Å². The van der Waals surface area contributed by atoms with Crippen LogP contribution in [0.1, 0.15) is 26.7 Å². The van der Waals surface area contributed by atoms with Gasteiger partial charge in [0.1, 0.15) is 11.6 Å². The van der Waals surface area contributed by atoms with Crippen LogP contribution in [0.4, 0.5) is 8.78 Å². The first-order chi connectivity index (χ1) is 14.0. The Bertz CT molecular complexity index is 974. The second kappa shape index (κ2) is 9.65. The molecule has 0 saturated heterocycles. The van der Waals surface area contributed by atoms with Crippen LogP contribution in [0.5, 0.6) is 0 Å². The van der Waals surface area contributed by atoms with Gasteiger partial charge in [0.15, 0.2) is 11.0 Å². The summed E-state index contributed by atoms with van der Waals surface area (Å²) in [6.45, 7) is 4.03. The molecule has 0 fully saturated rings. The highest BCUT2D eigenvalue weighted by Gasteiger charge is 2.20. The molecule has 1 aromatic heterocycles. The molecular weight excluding hydrogens is 394 g/mol. The second-order valence-corrected chi connectivity index (χ2v) is 7.42. The first-order valence-electron chi connectivity index (χ1n) is 9.41. The van der Waals surface area contributed by atoms with E-state index in [1.54, 1.807) is 0 Å². The molecule has 2 aromatic carbocycles. The minimum Gasteiger partial charge on any atom is -0.353 e. The molecular formula is C21H22F2N4OS. The minimum absolute atomic E-state index is 0.117. The highest BCUT2D eigenvalue weighted by Crippen LogP contribution is 2.29. The molecule has 1 amide bonds. The van der Waals surface area contributed by atoms with Crippen molar-refractivity contribution in [1.82, 2.24) is 20.1 Å². The maximum Gasteiger partial charge on any atom is 0.230 e. The van der Waals surface area contributed by atoms with Crippen LogP contribution in [0.2, 0.25) is 0 Å². The summed E-state index contributed by atoms with van der Waals surface area (Å²) in [5.74, 6) is -0.991. The second-order valence-electron chi connectivity index (χ2n) is 6.47. The summed E-state index contributed by atoms with van der Waals surface area (Å²) in [5, 5.41) is 11.7. The van der Waals surface area contributed by atoms with E-state index in [0.29, 0.717) is 11.0 Å². The third kappa shape index (κ3) is 5.00. The molecule has 8 heteroatoms. The fourth-order valence-electron chi connectivity index (χ4n) is 2.91. The predicted octanol–water partition coefficient (Wildman–Crippen LogP) is 4.61. The Morgan fingerprint density at radius 2 is 1.83 bits per heavy atom. The van der Waals surface area contributed by atoms with E-state index in [9.17, 15) is 13.6 Å². The van der Waals surface area contributed by atoms with Gasteiger partial charge in [0.25, 0.3) is 0 Å². The number of nitrogens with zero attached hydrogens (tertiary/aromatic N) is 3. The van der Waals surface area contributed by atoms with Gasteiger partial charge < -0.3 is 5.32 Å². The van der Waals surface area contributed by atoms with Gasteiger partial charge in [-0.2, -0.15) is 0 Å². The van der Waals surface area contributed by atoms with Crippen molar-refractivity contribution in [2.45, 2.75) is 37.9 Å². The topological polar surface area (TPSA) is 59.8 Å². The molecule has 0 aliphatic carbocycles. The molecule has 1 N–H and O–H groups in total. The number of hydrogen-bond acceptors (Lipinski definition) is 4. The van der Waals surface area contributed by atoms with Crippen molar-refractivity contribution >= 4 is 17.7 Å². The van der Waals surface area contributed by atoms with Gasteiger partial charge in [0, 0.05) is 17.7 Å². The van der Waals surface area contributed by atoms with Crippen molar-refractivity contribution in [3.8, 4) is 17.1 Å². The summed E-state index contributed by atoms with van der Waals surface area (Å²) < 4.78 is 29.5. The average molecular weight is 416 g/mol. The largest absolute Gasteiger partial charge is 0.353 e. The van der Waals surface area contributed by atoms with Gasteiger partial charge in [-0.05, 0) is 25.0 Å². The van der Waals surface area contributed by atoms with Gasteiger partial charge in [-0.1, -0.05) is 55.9 Å². The highest BCUT2D eigenvalue weighted by molar-refractivity contribution is 7.99. The summed E-state index contributed by atoms with van der Waals surface area (Å²) in [5.41, 5.74) is 0.857. The lowest BCUT2D eigenvalue weighted by atomic mass is 10.2. The summed E-state index contributed by atoms with van der Waals surface area (Å²) >= 11 is 1.16. The highest BCUT2D eigenvalue weighted by atomic mass is 32.2. The SMILES string of the molecule is CCC(CC)NC(=O)CSc1nnc(-c2ccccc2)n1-c1ccc(F)cc1F. The molecule has 0 radical (unpaired) electrons. The zero-order chi connectivity index (χ0) is 20.8. The van der Waals surface area contributed by atoms with E-state index in [1.807, 2.05) is 44.2 Å². The number of carbonyl (C=O) groups is 1. The average Bonchev–Trinajstić information content (AvgIpc) is 3.14. The summed E-state index contributed by atoms with van der Waals surface area (Å²) in [4.78, 5) is 12.3. The van der Waals surface area contributed by atoms with Crippen LogP contribution in [-0.4, -0.2) is 32.5 Å². The Labute approximate surface area is 172 Å². The number of amides is 1. The first kappa shape index (κ1) is 21.0. The van der Waals surface area contributed by atoms with E-state index in [2.05, 4.69) is 15.5 Å². The normalized spacial score (nSPS) is 11.1. The Hall–Kier alpha value is -2.74. The van der Waals surface area contributed by atoms with E-state index in [-0.39, 0.29) is 23.4 Å². The number of benzene rings is 2. The maximum atomic E-state index is 14.5.